The molecular weight excluding hydrogens is 386 g/mol. The van der Waals surface area contributed by atoms with E-state index in [0.717, 1.165) is 70.0 Å². The zero-order valence-corrected chi connectivity index (χ0v) is 18.2. The molecule has 5 heteroatoms. The number of aliphatic hydroxyl groups is 1. The largest absolute Gasteiger partial charge is 0.508 e. The fourth-order valence-corrected chi connectivity index (χ4v) is 6.79. The monoisotopic (exact) mass is 419 g/mol. The van der Waals surface area contributed by atoms with E-state index in [2.05, 4.69) is 26.9 Å². The lowest BCUT2D eigenvalue weighted by Gasteiger charge is -2.61. The molecule has 2 saturated heterocycles. The molecule has 3 atom stereocenters. The van der Waals surface area contributed by atoms with Crippen LogP contribution in [0.5, 0.6) is 5.75 Å². The second-order valence-corrected chi connectivity index (χ2v) is 10.4. The number of nitrogens with zero attached hydrogens (tertiary/aromatic N) is 3. The van der Waals surface area contributed by atoms with E-state index in [9.17, 15) is 10.2 Å². The second kappa shape index (κ2) is 7.29. The summed E-state index contributed by atoms with van der Waals surface area (Å²) in [5.74, 6) is 1.15. The van der Waals surface area contributed by atoms with Crippen LogP contribution in [0, 0.1) is 5.92 Å². The number of piperidine rings is 1. The molecule has 1 aromatic carbocycles. The van der Waals surface area contributed by atoms with Gasteiger partial charge in [0.15, 0.2) is 0 Å². The molecule has 0 radical (unpaired) electrons. The van der Waals surface area contributed by atoms with Gasteiger partial charge in [0, 0.05) is 37.3 Å². The van der Waals surface area contributed by atoms with E-state index in [4.69, 9.17) is 0 Å². The highest BCUT2D eigenvalue weighted by atomic mass is 16.3. The van der Waals surface area contributed by atoms with Crippen molar-refractivity contribution in [2.75, 3.05) is 26.2 Å². The van der Waals surface area contributed by atoms with Crippen LogP contribution in [0.1, 0.15) is 48.9 Å². The first-order valence-corrected chi connectivity index (χ1v) is 12.0. The number of aromatic nitrogens is 1. The number of fused-ring (bicyclic) bond motifs is 1. The smallest absolute Gasteiger partial charge is 0.115 e. The highest BCUT2D eigenvalue weighted by Crippen LogP contribution is 2.56. The van der Waals surface area contributed by atoms with Gasteiger partial charge in [0.25, 0.3) is 0 Å². The number of aromatic hydroxyl groups is 1. The van der Waals surface area contributed by atoms with E-state index in [1.165, 1.54) is 24.0 Å². The van der Waals surface area contributed by atoms with Crippen LogP contribution in [0.15, 0.2) is 42.6 Å². The first-order chi connectivity index (χ1) is 15.1. The number of hydrogen-bond acceptors (Lipinski definition) is 5. The number of likely N-dealkylation sites (tertiary alicyclic amines) is 2. The van der Waals surface area contributed by atoms with Crippen molar-refractivity contribution in [2.24, 2.45) is 5.92 Å². The summed E-state index contributed by atoms with van der Waals surface area (Å²) >= 11 is 0. The molecule has 3 heterocycles. The van der Waals surface area contributed by atoms with Crippen LogP contribution in [0.4, 0.5) is 0 Å². The third-order valence-corrected chi connectivity index (χ3v) is 8.63. The molecule has 1 aromatic heterocycles. The summed E-state index contributed by atoms with van der Waals surface area (Å²) in [7, 11) is 0. The van der Waals surface area contributed by atoms with Crippen LogP contribution in [0.25, 0.3) is 0 Å². The van der Waals surface area contributed by atoms with Crippen molar-refractivity contribution in [1.82, 2.24) is 14.8 Å². The van der Waals surface area contributed by atoms with Crippen molar-refractivity contribution in [3.8, 4) is 5.75 Å². The summed E-state index contributed by atoms with van der Waals surface area (Å²) < 4.78 is 0. The van der Waals surface area contributed by atoms with E-state index in [1.807, 2.05) is 30.5 Å². The molecule has 6 rings (SSSR count). The van der Waals surface area contributed by atoms with Crippen LogP contribution >= 0.6 is 0 Å². The van der Waals surface area contributed by atoms with Gasteiger partial charge in [-0.15, -0.1) is 0 Å². The SMILES string of the molecule is Oc1ccc2c(c1)C13CCN(Cc4ccccn4)CCC1(O)C(C2)N(CC1CC1)CC3. The lowest BCUT2D eigenvalue weighted by molar-refractivity contribution is -0.149. The number of hydrogen-bond donors (Lipinski definition) is 2. The molecular formula is C26H33N3O2. The Labute approximate surface area is 184 Å². The molecule has 2 aliphatic heterocycles. The third-order valence-electron chi connectivity index (χ3n) is 8.63. The second-order valence-electron chi connectivity index (χ2n) is 10.4. The summed E-state index contributed by atoms with van der Waals surface area (Å²) in [5, 5.41) is 22.8. The van der Waals surface area contributed by atoms with E-state index in [-0.39, 0.29) is 11.5 Å². The topological polar surface area (TPSA) is 59.8 Å². The van der Waals surface area contributed by atoms with Crippen molar-refractivity contribution in [3.05, 3.63) is 59.4 Å². The number of phenolic OH excluding ortho intramolecular Hbond substituents is 1. The maximum absolute atomic E-state index is 12.5. The van der Waals surface area contributed by atoms with Crippen LogP contribution in [0.2, 0.25) is 0 Å². The standard InChI is InChI=1S/C26H33N3O2/c30-22-7-6-20-15-24-26(31)10-13-28(18-21-3-1-2-11-27-21)12-8-25(26,23(20)16-22)9-14-29(24)17-19-4-5-19/h1-3,6-7,11,16,19,24,30-31H,4-5,8-10,12-15,17-18H2. The first kappa shape index (κ1) is 19.7. The third kappa shape index (κ3) is 3.21. The molecule has 5 nitrogen and oxygen atoms in total. The lowest BCUT2D eigenvalue weighted by atomic mass is 9.52. The minimum atomic E-state index is -0.750. The average Bonchev–Trinajstić information content (AvgIpc) is 3.60. The quantitative estimate of drug-likeness (QED) is 0.798. The predicted octanol–water partition coefficient (Wildman–Crippen LogP) is 3.09. The van der Waals surface area contributed by atoms with E-state index in [0.29, 0.717) is 5.75 Å². The minimum absolute atomic E-state index is 0.175. The number of benzene rings is 1. The van der Waals surface area contributed by atoms with Gasteiger partial charge in [-0.1, -0.05) is 12.1 Å². The van der Waals surface area contributed by atoms with Gasteiger partial charge in [-0.3, -0.25) is 14.8 Å². The predicted molar refractivity (Wildman–Crippen MR) is 120 cm³/mol. The van der Waals surface area contributed by atoms with Crippen molar-refractivity contribution in [2.45, 2.75) is 62.1 Å². The van der Waals surface area contributed by atoms with Gasteiger partial charge in [-0.2, -0.15) is 0 Å². The summed E-state index contributed by atoms with van der Waals surface area (Å²) in [5.41, 5.74) is 2.60. The van der Waals surface area contributed by atoms with Crippen LogP contribution in [-0.2, 0) is 18.4 Å². The van der Waals surface area contributed by atoms with Gasteiger partial charge in [-0.25, -0.2) is 0 Å². The van der Waals surface area contributed by atoms with Gasteiger partial charge in [0.1, 0.15) is 5.75 Å². The Bertz CT molecular complexity index is 962. The zero-order chi connectivity index (χ0) is 21.1. The Kier molecular flexibility index (Phi) is 4.64. The maximum Gasteiger partial charge on any atom is 0.115 e. The Morgan fingerprint density at radius 1 is 1.03 bits per heavy atom. The molecule has 2 bridgehead atoms. The van der Waals surface area contributed by atoms with Crippen molar-refractivity contribution in [3.63, 3.8) is 0 Å². The Hall–Kier alpha value is -1.95. The van der Waals surface area contributed by atoms with Crippen LogP contribution in [-0.4, -0.2) is 62.8 Å². The molecule has 2 aliphatic carbocycles. The summed E-state index contributed by atoms with van der Waals surface area (Å²) in [6, 6.07) is 12.2. The molecule has 0 amide bonds. The van der Waals surface area contributed by atoms with Crippen LogP contribution < -0.4 is 0 Å². The van der Waals surface area contributed by atoms with Gasteiger partial charge in [0.2, 0.25) is 0 Å². The van der Waals surface area contributed by atoms with Gasteiger partial charge in [-0.05, 0) is 92.9 Å². The van der Waals surface area contributed by atoms with Crippen molar-refractivity contribution >= 4 is 0 Å². The van der Waals surface area contributed by atoms with E-state index >= 15 is 0 Å². The molecule has 2 aromatic rings. The molecule has 3 fully saturated rings. The highest BCUT2D eigenvalue weighted by Gasteiger charge is 2.63. The molecule has 0 spiro atoms. The molecule has 31 heavy (non-hydrogen) atoms. The van der Waals surface area contributed by atoms with Crippen molar-refractivity contribution in [1.29, 1.82) is 0 Å². The summed E-state index contributed by atoms with van der Waals surface area (Å²) in [6.07, 6.45) is 8.12. The molecule has 3 unspecified atom stereocenters. The van der Waals surface area contributed by atoms with Gasteiger partial charge in [0.05, 0.1) is 11.3 Å². The number of phenols is 1. The normalized spacial score (nSPS) is 33.4. The Morgan fingerprint density at radius 3 is 2.68 bits per heavy atom. The maximum atomic E-state index is 12.5. The van der Waals surface area contributed by atoms with E-state index < -0.39 is 5.60 Å². The van der Waals surface area contributed by atoms with E-state index in [1.54, 1.807) is 0 Å². The van der Waals surface area contributed by atoms with Crippen LogP contribution in [0.3, 0.4) is 0 Å². The fourth-order valence-electron chi connectivity index (χ4n) is 6.79. The summed E-state index contributed by atoms with van der Waals surface area (Å²) in [6.45, 7) is 4.85. The van der Waals surface area contributed by atoms with Gasteiger partial charge >= 0.3 is 0 Å². The summed E-state index contributed by atoms with van der Waals surface area (Å²) in [4.78, 5) is 9.61. The van der Waals surface area contributed by atoms with Crippen molar-refractivity contribution < 1.29 is 10.2 Å². The molecule has 2 N–H and O–H groups in total. The number of pyridine rings is 1. The zero-order valence-electron chi connectivity index (χ0n) is 18.2. The lowest BCUT2D eigenvalue weighted by Crippen LogP contribution is -2.71. The van der Waals surface area contributed by atoms with Gasteiger partial charge < -0.3 is 10.2 Å². The fraction of sp³-hybridized carbons (Fsp3) is 0.577. The number of rotatable bonds is 4. The molecule has 164 valence electrons. The molecule has 1 saturated carbocycles. The average molecular weight is 420 g/mol. The Balaban J connectivity index is 1.37. The molecule has 4 aliphatic rings. The highest BCUT2D eigenvalue weighted by molar-refractivity contribution is 5.48. The Morgan fingerprint density at radius 2 is 1.87 bits per heavy atom. The first-order valence-electron chi connectivity index (χ1n) is 12.0. The minimum Gasteiger partial charge on any atom is -0.508 e.